The number of ether oxygens (including phenoxy) is 3. The van der Waals surface area contributed by atoms with Crippen molar-refractivity contribution in [2.45, 2.75) is 59.3 Å². The summed E-state index contributed by atoms with van der Waals surface area (Å²) < 4.78 is 42.3. The second-order valence-electron chi connectivity index (χ2n) is 8.37. The third-order valence-corrected chi connectivity index (χ3v) is 6.52. The van der Waals surface area contributed by atoms with E-state index in [2.05, 4.69) is 10.1 Å². The minimum atomic E-state index is -4.10. The Balaban J connectivity index is 1.70. The predicted molar refractivity (Wildman–Crippen MR) is 125 cm³/mol. The van der Waals surface area contributed by atoms with Crippen molar-refractivity contribution in [2.75, 3.05) is 13.2 Å². The predicted octanol–water partition coefficient (Wildman–Crippen LogP) is 2.16. The van der Waals surface area contributed by atoms with Gasteiger partial charge in [0.05, 0.1) is 12.7 Å². The van der Waals surface area contributed by atoms with Crippen LogP contribution in [0.1, 0.15) is 38.1 Å². The topological polar surface area (TPSA) is 147 Å². The molecular formula is C22H30N3O9P. The van der Waals surface area contributed by atoms with E-state index in [4.69, 9.17) is 23.3 Å². The van der Waals surface area contributed by atoms with Gasteiger partial charge < -0.3 is 18.7 Å². The van der Waals surface area contributed by atoms with Gasteiger partial charge in [0.15, 0.2) is 12.5 Å². The molecule has 2 N–H and O–H groups in total. The molecule has 13 heteroatoms. The first kappa shape index (κ1) is 26.8. The minimum Gasteiger partial charge on any atom is -0.462 e. The summed E-state index contributed by atoms with van der Waals surface area (Å²) in [4.78, 5) is 38.2. The zero-order chi connectivity index (χ0) is 25.8. The molecule has 1 aromatic heterocycles. The van der Waals surface area contributed by atoms with Crippen LogP contribution in [0.3, 0.4) is 0 Å². The zero-order valence-electron chi connectivity index (χ0n) is 20.2. The second kappa shape index (κ2) is 11.3. The average Bonchev–Trinajstić information content (AvgIpc) is 3.25. The van der Waals surface area contributed by atoms with Crippen LogP contribution >= 0.6 is 7.75 Å². The summed E-state index contributed by atoms with van der Waals surface area (Å²) in [5.74, 6) is -0.366. The fourth-order valence-electron chi connectivity index (χ4n) is 3.09. The number of carbonyl (C=O) groups is 1. The fourth-order valence-corrected chi connectivity index (χ4v) is 4.56. The van der Waals surface area contributed by atoms with E-state index < -0.39 is 43.5 Å². The van der Waals surface area contributed by atoms with Crippen LogP contribution in [0.2, 0.25) is 0 Å². The maximum Gasteiger partial charge on any atom is 0.459 e. The number of nitrogens with zero attached hydrogens (tertiary/aromatic N) is 1. The average molecular weight is 511 g/mol. The van der Waals surface area contributed by atoms with Crippen molar-refractivity contribution in [3.05, 3.63) is 62.4 Å². The van der Waals surface area contributed by atoms with Gasteiger partial charge in [-0.3, -0.25) is 23.7 Å². The first-order valence-corrected chi connectivity index (χ1v) is 12.6. The summed E-state index contributed by atoms with van der Waals surface area (Å²) in [6, 6.07) is 5.78. The van der Waals surface area contributed by atoms with Gasteiger partial charge in [0.1, 0.15) is 18.4 Å². The normalized spacial score (nSPS) is 20.4. The van der Waals surface area contributed by atoms with Crippen LogP contribution in [-0.4, -0.2) is 47.2 Å². The number of esters is 1. The maximum atomic E-state index is 13.5. The fraction of sp³-hybridized carbons (Fsp3) is 0.500. The molecule has 0 radical (unpaired) electrons. The Kier molecular flexibility index (Phi) is 8.68. The number of hydrogen-bond acceptors (Lipinski definition) is 9. The Hall–Kier alpha value is -2.76. The van der Waals surface area contributed by atoms with E-state index in [1.165, 1.54) is 17.7 Å². The number of aromatic nitrogens is 2. The molecule has 2 unspecified atom stereocenters. The lowest BCUT2D eigenvalue weighted by Crippen LogP contribution is -2.37. The highest BCUT2D eigenvalue weighted by molar-refractivity contribution is 7.52. The van der Waals surface area contributed by atoms with Crippen molar-refractivity contribution in [1.82, 2.24) is 14.6 Å². The van der Waals surface area contributed by atoms with Crippen LogP contribution in [0.15, 0.2) is 40.1 Å². The molecule has 0 bridgehead atoms. The minimum absolute atomic E-state index is 0.00686. The van der Waals surface area contributed by atoms with Gasteiger partial charge in [0.25, 0.3) is 5.56 Å². The molecule has 35 heavy (non-hydrogen) atoms. The van der Waals surface area contributed by atoms with Crippen molar-refractivity contribution < 1.29 is 32.6 Å². The standard InChI is InChI=1S/C22H30N3O9P/c1-13(2)32-21(27)16(5)24-35(29,34-17-8-6-14(3)7-9-17)31-12-19-30-11-18(33-19)25-10-15(4)20(26)23-22(25)28/h6-10,13,16,18-19H,11-12H2,1-5H3,(H,24,29)(H,23,26,28)/t16?,18-,19-,35?/m1/s1. The number of carbonyl (C=O) groups excluding carboxylic acids is 1. The van der Waals surface area contributed by atoms with E-state index in [0.717, 1.165) is 5.56 Å². The first-order valence-electron chi connectivity index (χ1n) is 11.0. The zero-order valence-corrected chi connectivity index (χ0v) is 21.1. The number of nitrogens with one attached hydrogen (secondary N) is 2. The molecule has 192 valence electrons. The number of aromatic amines is 1. The Labute approximate surface area is 202 Å². The molecule has 0 aliphatic carbocycles. The summed E-state index contributed by atoms with van der Waals surface area (Å²) >= 11 is 0. The maximum absolute atomic E-state index is 13.5. The van der Waals surface area contributed by atoms with Gasteiger partial charge in [-0.25, -0.2) is 9.36 Å². The van der Waals surface area contributed by atoms with Gasteiger partial charge in [0, 0.05) is 11.8 Å². The Morgan fingerprint density at radius 3 is 2.57 bits per heavy atom. The summed E-state index contributed by atoms with van der Waals surface area (Å²) in [5, 5.41) is 2.58. The molecule has 1 fully saturated rings. The molecule has 0 amide bonds. The summed E-state index contributed by atoms with van der Waals surface area (Å²) in [7, 11) is -4.10. The van der Waals surface area contributed by atoms with Crippen molar-refractivity contribution in [2.24, 2.45) is 0 Å². The molecule has 2 heterocycles. The largest absolute Gasteiger partial charge is 0.462 e. The number of H-pyrrole nitrogens is 1. The molecule has 1 aliphatic heterocycles. The number of hydrogen-bond donors (Lipinski definition) is 2. The third kappa shape index (κ3) is 7.36. The molecule has 1 saturated heterocycles. The molecule has 2 aromatic rings. The van der Waals surface area contributed by atoms with Crippen LogP contribution in [0.25, 0.3) is 0 Å². The summed E-state index contributed by atoms with van der Waals surface area (Å²) in [6.45, 7) is 7.97. The Bertz CT molecular complexity index is 1190. The smallest absolute Gasteiger partial charge is 0.459 e. The van der Waals surface area contributed by atoms with Crippen LogP contribution in [0.5, 0.6) is 5.75 Å². The van der Waals surface area contributed by atoms with Gasteiger partial charge in [0.2, 0.25) is 0 Å². The quantitative estimate of drug-likeness (QED) is 0.359. The van der Waals surface area contributed by atoms with Crippen LogP contribution in [-0.2, 0) is 28.1 Å². The summed E-state index contributed by atoms with van der Waals surface area (Å²) in [5.41, 5.74) is 0.163. The van der Waals surface area contributed by atoms with E-state index in [0.29, 0.717) is 5.56 Å². The Morgan fingerprint density at radius 2 is 1.91 bits per heavy atom. The molecule has 1 aromatic carbocycles. The van der Waals surface area contributed by atoms with Gasteiger partial charge in [-0.15, -0.1) is 0 Å². The van der Waals surface area contributed by atoms with Crippen molar-refractivity contribution in [3.63, 3.8) is 0 Å². The highest BCUT2D eigenvalue weighted by Gasteiger charge is 2.36. The van der Waals surface area contributed by atoms with Crippen molar-refractivity contribution in [3.8, 4) is 5.75 Å². The third-order valence-electron chi connectivity index (χ3n) is 4.87. The van der Waals surface area contributed by atoms with E-state index in [-0.39, 0.29) is 25.1 Å². The molecule has 1 aliphatic rings. The van der Waals surface area contributed by atoms with Crippen LogP contribution < -0.4 is 20.9 Å². The molecular weight excluding hydrogens is 481 g/mol. The van der Waals surface area contributed by atoms with Gasteiger partial charge in [-0.05, 0) is 46.8 Å². The number of aryl methyl sites for hydroxylation is 2. The van der Waals surface area contributed by atoms with E-state index in [1.54, 1.807) is 45.0 Å². The van der Waals surface area contributed by atoms with E-state index >= 15 is 0 Å². The highest BCUT2D eigenvalue weighted by Crippen LogP contribution is 2.45. The van der Waals surface area contributed by atoms with Gasteiger partial charge in [-0.2, -0.15) is 5.09 Å². The van der Waals surface area contributed by atoms with Crippen molar-refractivity contribution in [1.29, 1.82) is 0 Å². The van der Waals surface area contributed by atoms with Crippen molar-refractivity contribution >= 4 is 13.7 Å². The lowest BCUT2D eigenvalue weighted by Gasteiger charge is -2.24. The molecule has 0 saturated carbocycles. The van der Waals surface area contributed by atoms with Crippen LogP contribution in [0.4, 0.5) is 0 Å². The van der Waals surface area contributed by atoms with E-state index in [1.807, 2.05) is 6.92 Å². The Morgan fingerprint density at radius 1 is 1.23 bits per heavy atom. The highest BCUT2D eigenvalue weighted by atomic mass is 31.2. The molecule has 3 rings (SSSR count). The number of benzene rings is 1. The molecule has 12 nitrogen and oxygen atoms in total. The number of rotatable bonds is 10. The molecule has 0 spiro atoms. The van der Waals surface area contributed by atoms with Gasteiger partial charge in [-0.1, -0.05) is 17.7 Å². The first-order chi connectivity index (χ1) is 16.5. The monoisotopic (exact) mass is 511 g/mol. The van der Waals surface area contributed by atoms with E-state index in [9.17, 15) is 18.9 Å². The molecule has 4 atom stereocenters. The van der Waals surface area contributed by atoms with Crippen LogP contribution in [0, 0.1) is 13.8 Å². The second-order valence-corrected chi connectivity index (χ2v) is 10.1. The SMILES string of the molecule is Cc1ccc(OP(=O)(NC(C)C(=O)OC(C)C)OC[C@@H]2OC[C@H](n3cc(C)c(=O)[nH]c3=O)O2)cc1. The van der Waals surface area contributed by atoms with Gasteiger partial charge >= 0.3 is 19.4 Å². The summed E-state index contributed by atoms with van der Waals surface area (Å²) in [6.07, 6.45) is -0.805. The lowest BCUT2D eigenvalue weighted by atomic mass is 10.2. The lowest BCUT2D eigenvalue weighted by molar-refractivity contribution is -0.149.